The Balaban J connectivity index is 2.07. The molecule has 6 nitrogen and oxygen atoms in total. The molecule has 19 heavy (non-hydrogen) atoms. The van der Waals surface area contributed by atoms with Crippen molar-refractivity contribution >= 4 is 11.7 Å². The van der Waals surface area contributed by atoms with E-state index in [0.717, 1.165) is 24.8 Å². The van der Waals surface area contributed by atoms with E-state index < -0.39 is 5.41 Å². The third-order valence-corrected chi connectivity index (χ3v) is 3.77. The number of carbonyl (C=O) groups excluding carboxylic acids is 1. The highest BCUT2D eigenvalue weighted by atomic mass is 16.4. The number of furan rings is 1. The summed E-state index contributed by atoms with van der Waals surface area (Å²) in [4.78, 5) is 12.4. The molecule has 104 valence electrons. The number of amides is 1. The van der Waals surface area contributed by atoms with Crippen LogP contribution in [-0.2, 0) is 11.3 Å². The number of amidine groups is 1. The smallest absolute Gasteiger partial charge is 0.234 e. The largest absolute Gasteiger partial charge is 0.472 e. The normalized spacial score (nSPS) is 19.1. The summed E-state index contributed by atoms with van der Waals surface area (Å²) in [6, 6.07) is 1.79. The van der Waals surface area contributed by atoms with E-state index in [1.54, 1.807) is 18.6 Å². The Labute approximate surface area is 111 Å². The summed E-state index contributed by atoms with van der Waals surface area (Å²) < 4.78 is 4.95. The fourth-order valence-corrected chi connectivity index (χ4v) is 2.60. The average molecular weight is 265 g/mol. The van der Waals surface area contributed by atoms with Crippen LogP contribution >= 0.6 is 0 Å². The molecule has 0 aromatic carbocycles. The number of nitrogens with one attached hydrogen (secondary N) is 1. The molecule has 4 N–H and O–H groups in total. The van der Waals surface area contributed by atoms with Crippen LogP contribution in [0.4, 0.5) is 0 Å². The van der Waals surface area contributed by atoms with Crippen molar-refractivity contribution in [3.8, 4) is 0 Å². The molecule has 1 fully saturated rings. The second kappa shape index (κ2) is 5.77. The van der Waals surface area contributed by atoms with Crippen LogP contribution in [0.25, 0.3) is 0 Å². The van der Waals surface area contributed by atoms with E-state index in [2.05, 4.69) is 10.5 Å². The van der Waals surface area contributed by atoms with Crippen molar-refractivity contribution in [2.45, 2.75) is 38.6 Å². The van der Waals surface area contributed by atoms with Gasteiger partial charge in [-0.15, -0.1) is 0 Å². The molecule has 1 saturated carbocycles. The molecule has 1 amide bonds. The van der Waals surface area contributed by atoms with Gasteiger partial charge in [-0.2, -0.15) is 0 Å². The maximum atomic E-state index is 12.4. The SMILES string of the molecule is N/C(=N/O)C1(C(=O)NCc2ccoc2)CCCCC1. The Bertz CT molecular complexity index is 448. The van der Waals surface area contributed by atoms with Crippen LogP contribution in [0, 0.1) is 5.41 Å². The molecule has 1 aromatic heterocycles. The Morgan fingerprint density at radius 2 is 2.21 bits per heavy atom. The van der Waals surface area contributed by atoms with Crippen molar-refractivity contribution in [2.24, 2.45) is 16.3 Å². The van der Waals surface area contributed by atoms with Gasteiger partial charge in [0.25, 0.3) is 0 Å². The minimum absolute atomic E-state index is 0.0110. The van der Waals surface area contributed by atoms with Gasteiger partial charge in [-0.05, 0) is 18.9 Å². The van der Waals surface area contributed by atoms with Crippen LogP contribution in [0.5, 0.6) is 0 Å². The zero-order chi connectivity index (χ0) is 13.7. The van der Waals surface area contributed by atoms with Crippen LogP contribution in [-0.4, -0.2) is 17.0 Å². The first-order valence-electron chi connectivity index (χ1n) is 6.46. The lowest BCUT2D eigenvalue weighted by Crippen LogP contribution is -2.50. The fourth-order valence-electron chi connectivity index (χ4n) is 2.60. The summed E-state index contributed by atoms with van der Waals surface area (Å²) in [6.45, 7) is 0.385. The van der Waals surface area contributed by atoms with E-state index in [9.17, 15) is 4.79 Å². The third kappa shape index (κ3) is 2.72. The van der Waals surface area contributed by atoms with E-state index in [1.165, 1.54) is 0 Å². The van der Waals surface area contributed by atoms with Crippen LogP contribution in [0.15, 0.2) is 28.2 Å². The van der Waals surface area contributed by atoms with E-state index in [-0.39, 0.29) is 11.7 Å². The Morgan fingerprint density at radius 1 is 1.47 bits per heavy atom. The zero-order valence-corrected chi connectivity index (χ0v) is 10.8. The van der Waals surface area contributed by atoms with Gasteiger partial charge in [0, 0.05) is 12.1 Å². The Hall–Kier alpha value is -1.98. The molecule has 0 bridgehead atoms. The van der Waals surface area contributed by atoms with Gasteiger partial charge in [-0.25, -0.2) is 0 Å². The van der Waals surface area contributed by atoms with Gasteiger partial charge in [0.1, 0.15) is 5.41 Å². The first-order chi connectivity index (χ1) is 9.19. The lowest BCUT2D eigenvalue weighted by Gasteiger charge is -2.34. The molecule has 0 radical (unpaired) electrons. The first kappa shape index (κ1) is 13.5. The van der Waals surface area contributed by atoms with Crippen molar-refractivity contribution in [3.05, 3.63) is 24.2 Å². The first-order valence-corrected chi connectivity index (χ1v) is 6.46. The molecule has 0 saturated heterocycles. The minimum atomic E-state index is -0.864. The van der Waals surface area contributed by atoms with Crippen molar-refractivity contribution in [3.63, 3.8) is 0 Å². The summed E-state index contributed by atoms with van der Waals surface area (Å²) in [6.07, 6.45) is 7.29. The molecule has 1 aliphatic rings. The average Bonchev–Trinajstić information content (AvgIpc) is 2.97. The van der Waals surface area contributed by atoms with Gasteiger partial charge < -0.3 is 20.7 Å². The van der Waals surface area contributed by atoms with Gasteiger partial charge >= 0.3 is 0 Å². The van der Waals surface area contributed by atoms with E-state index in [4.69, 9.17) is 15.4 Å². The summed E-state index contributed by atoms with van der Waals surface area (Å²) in [5, 5.41) is 14.8. The topological polar surface area (TPSA) is 101 Å². The second-order valence-electron chi connectivity index (χ2n) is 4.94. The van der Waals surface area contributed by atoms with Gasteiger partial charge in [-0.1, -0.05) is 24.4 Å². The number of hydrogen-bond acceptors (Lipinski definition) is 4. The van der Waals surface area contributed by atoms with Gasteiger partial charge in [0.2, 0.25) is 5.91 Å². The van der Waals surface area contributed by atoms with Crippen LogP contribution in [0.1, 0.15) is 37.7 Å². The highest BCUT2D eigenvalue weighted by molar-refractivity contribution is 6.06. The predicted molar refractivity (Wildman–Crippen MR) is 69.5 cm³/mol. The lowest BCUT2D eigenvalue weighted by atomic mass is 9.72. The van der Waals surface area contributed by atoms with Gasteiger partial charge in [-0.3, -0.25) is 4.79 Å². The molecular weight excluding hydrogens is 246 g/mol. The highest BCUT2D eigenvalue weighted by Gasteiger charge is 2.43. The molecule has 0 atom stereocenters. The summed E-state index contributed by atoms with van der Waals surface area (Å²) in [5.74, 6) is -0.166. The monoisotopic (exact) mass is 265 g/mol. The van der Waals surface area contributed by atoms with Crippen molar-refractivity contribution in [1.82, 2.24) is 5.32 Å². The molecule has 0 unspecified atom stereocenters. The standard InChI is InChI=1S/C13H19N3O3/c14-11(16-18)13(5-2-1-3-6-13)12(17)15-8-10-4-7-19-9-10/h4,7,9,18H,1-3,5-6,8H2,(H2,14,16)(H,15,17). The number of nitrogens with zero attached hydrogens (tertiary/aromatic N) is 1. The number of hydrogen-bond donors (Lipinski definition) is 3. The lowest BCUT2D eigenvalue weighted by molar-refractivity contribution is -0.129. The van der Waals surface area contributed by atoms with Crippen LogP contribution < -0.4 is 11.1 Å². The minimum Gasteiger partial charge on any atom is -0.472 e. The van der Waals surface area contributed by atoms with Crippen LogP contribution in [0.3, 0.4) is 0 Å². The number of oxime groups is 1. The number of nitrogens with two attached hydrogens (primary N) is 1. The zero-order valence-electron chi connectivity index (χ0n) is 10.8. The van der Waals surface area contributed by atoms with Gasteiger partial charge in [0.05, 0.1) is 12.5 Å². The molecule has 1 heterocycles. The van der Waals surface area contributed by atoms with Crippen molar-refractivity contribution in [2.75, 3.05) is 0 Å². The summed E-state index contributed by atoms with van der Waals surface area (Å²) in [7, 11) is 0. The fraction of sp³-hybridized carbons (Fsp3) is 0.538. The van der Waals surface area contributed by atoms with Crippen LogP contribution in [0.2, 0.25) is 0 Å². The number of carbonyl (C=O) groups is 1. The summed E-state index contributed by atoms with van der Waals surface area (Å²) >= 11 is 0. The summed E-state index contributed by atoms with van der Waals surface area (Å²) in [5.41, 5.74) is 5.78. The molecule has 2 rings (SSSR count). The van der Waals surface area contributed by atoms with Crippen molar-refractivity contribution in [1.29, 1.82) is 0 Å². The molecule has 0 aliphatic heterocycles. The quantitative estimate of drug-likeness (QED) is 0.333. The molecule has 0 spiro atoms. The molecule has 6 heteroatoms. The maximum Gasteiger partial charge on any atom is 0.234 e. The van der Waals surface area contributed by atoms with E-state index >= 15 is 0 Å². The Morgan fingerprint density at radius 3 is 2.79 bits per heavy atom. The highest BCUT2D eigenvalue weighted by Crippen LogP contribution is 2.36. The number of rotatable bonds is 4. The molecular formula is C13H19N3O3. The molecule has 1 aromatic rings. The maximum absolute atomic E-state index is 12.4. The second-order valence-corrected chi connectivity index (χ2v) is 4.94. The molecule has 1 aliphatic carbocycles. The van der Waals surface area contributed by atoms with Crippen molar-refractivity contribution < 1.29 is 14.4 Å². The van der Waals surface area contributed by atoms with E-state index in [1.807, 2.05) is 0 Å². The van der Waals surface area contributed by atoms with E-state index in [0.29, 0.717) is 19.4 Å². The Kier molecular flexibility index (Phi) is 4.09. The third-order valence-electron chi connectivity index (χ3n) is 3.77. The van der Waals surface area contributed by atoms with Gasteiger partial charge in [0.15, 0.2) is 5.84 Å². The predicted octanol–water partition coefficient (Wildman–Crippen LogP) is 1.59.